The van der Waals surface area contributed by atoms with Crippen molar-refractivity contribution in [2.24, 2.45) is 4.99 Å². The lowest BCUT2D eigenvalue weighted by Gasteiger charge is -2.23. The van der Waals surface area contributed by atoms with E-state index in [4.69, 9.17) is 5.11 Å². The van der Waals surface area contributed by atoms with Crippen LogP contribution in [0.5, 0.6) is 0 Å². The third-order valence-corrected chi connectivity index (χ3v) is 3.88. The van der Waals surface area contributed by atoms with Gasteiger partial charge < -0.3 is 9.84 Å². The van der Waals surface area contributed by atoms with Crippen LogP contribution in [-0.2, 0) is 16.1 Å². The fourth-order valence-corrected chi connectivity index (χ4v) is 2.64. The predicted molar refractivity (Wildman–Crippen MR) is 88.4 cm³/mol. The maximum Gasteiger partial charge on any atom is 0.512 e. The predicted octanol–water partition coefficient (Wildman–Crippen LogP) is 3.13. The normalized spacial score (nSPS) is 16.3. The minimum Gasteiger partial charge on any atom is -0.449 e. The number of carboxylic acid groups (broad SMARTS) is 1. The molecule has 0 aromatic heterocycles. The Kier molecular flexibility index (Phi) is 4.39. The zero-order valence-electron chi connectivity index (χ0n) is 13.0. The van der Waals surface area contributed by atoms with Crippen molar-refractivity contribution in [1.29, 1.82) is 0 Å². The molecule has 0 bridgehead atoms. The van der Waals surface area contributed by atoms with Crippen LogP contribution >= 0.6 is 0 Å². The summed E-state index contributed by atoms with van der Waals surface area (Å²) in [6.45, 7) is 2.46. The molecular weight excluding hydrogens is 308 g/mol. The average molecular weight is 324 g/mol. The Balaban J connectivity index is 1.89. The molecule has 6 heteroatoms. The molecule has 0 saturated heterocycles. The number of carbonyl (C=O) groups excluding carboxylic acids is 1. The van der Waals surface area contributed by atoms with Gasteiger partial charge in [0.05, 0.1) is 5.69 Å². The van der Waals surface area contributed by atoms with Crippen molar-refractivity contribution in [3.8, 4) is 0 Å². The first kappa shape index (κ1) is 15.9. The summed E-state index contributed by atoms with van der Waals surface area (Å²) < 4.78 is 4.54. The highest BCUT2D eigenvalue weighted by atomic mass is 16.7. The van der Waals surface area contributed by atoms with Crippen LogP contribution in [0.15, 0.2) is 53.5 Å². The Morgan fingerprint density at radius 1 is 1.21 bits per heavy atom. The first-order valence-electron chi connectivity index (χ1n) is 7.47. The molecule has 0 fully saturated rings. The van der Waals surface area contributed by atoms with Gasteiger partial charge in [-0.1, -0.05) is 42.5 Å². The van der Waals surface area contributed by atoms with E-state index in [1.54, 1.807) is 18.2 Å². The topological polar surface area (TPSA) is 88.0 Å². The largest absolute Gasteiger partial charge is 0.512 e. The van der Waals surface area contributed by atoms with E-state index in [2.05, 4.69) is 15.0 Å². The minimum absolute atomic E-state index is 0.413. The number of ketones is 1. The Labute approximate surface area is 138 Å². The smallest absolute Gasteiger partial charge is 0.449 e. The number of hydrogen-bond donors (Lipinski definition) is 2. The van der Waals surface area contributed by atoms with E-state index in [1.807, 2.05) is 37.3 Å². The van der Waals surface area contributed by atoms with E-state index in [1.165, 1.54) is 0 Å². The number of ether oxygens (including phenoxy) is 1. The van der Waals surface area contributed by atoms with E-state index in [-0.39, 0.29) is 0 Å². The van der Waals surface area contributed by atoms with Gasteiger partial charge in [-0.25, -0.2) is 9.79 Å². The van der Waals surface area contributed by atoms with Crippen LogP contribution in [0.2, 0.25) is 0 Å². The number of hydrogen-bond acceptors (Lipinski definition) is 5. The molecule has 2 aromatic carbocycles. The number of para-hydroxylation sites is 1. The van der Waals surface area contributed by atoms with Crippen molar-refractivity contribution in [1.82, 2.24) is 5.32 Å². The van der Waals surface area contributed by atoms with Crippen LogP contribution in [0.1, 0.15) is 22.7 Å². The maximum absolute atomic E-state index is 12.5. The molecule has 1 unspecified atom stereocenters. The fraction of sp³-hybridized carbons (Fsp3) is 0.167. The van der Waals surface area contributed by atoms with Crippen molar-refractivity contribution in [2.75, 3.05) is 0 Å². The van der Waals surface area contributed by atoms with Crippen LogP contribution in [-0.4, -0.2) is 22.9 Å². The molecule has 1 aliphatic heterocycles. The molecule has 0 radical (unpaired) electrons. The lowest BCUT2D eigenvalue weighted by molar-refractivity contribution is -0.116. The van der Waals surface area contributed by atoms with Crippen LogP contribution in [0.25, 0.3) is 0 Å². The summed E-state index contributed by atoms with van der Waals surface area (Å²) in [5, 5.41) is 12.0. The van der Waals surface area contributed by atoms with Crippen molar-refractivity contribution >= 4 is 23.5 Å². The van der Waals surface area contributed by atoms with Gasteiger partial charge in [0.1, 0.15) is 6.04 Å². The quantitative estimate of drug-likeness (QED) is 0.847. The van der Waals surface area contributed by atoms with Crippen molar-refractivity contribution in [3.63, 3.8) is 0 Å². The summed E-state index contributed by atoms with van der Waals surface area (Å²) >= 11 is 0. The number of Topliss-reactive ketones (excluding diaryl/α,β-unsaturated/α-hetero) is 1. The van der Waals surface area contributed by atoms with Gasteiger partial charge in [-0.3, -0.25) is 10.1 Å². The Morgan fingerprint density at radius 3 is 2.67 bits per heavy atom. The van der Waals surface area contributed by atoms with Gasteiger partial charge >= 0.3 is 6.16 Å². The SMILES string of the molecule is Cc1ccccc1CNC1C(=O)C(OC(=O)O)=Nc2ccccc21. The van der Waals surface area contributed by atoms with E-state index in [9.17, 15) is 9.59 Å². The third-order valence-electron chi connectivity index (χ3n) is 3.88. The highest BCUT2D eigenvalue weighted by Crippen LogP contribution is 2.31. The van der Waals surface area contributed by atoms with Crippen molar-refractivity contribution < 1.29 is 19.4 Å². The lowest BCUT2D eigenvalue weighted by Crippen LogP contribution is -2.37. The van der Waals surface area contributed by atoms with Gasteiger partial charge in [0.25, 0.3) is 5.90 Å². The molecule has 0 spiro atoms. The fourth-order valence-electron chi connectivity index (χ4n) is 2.64. The molecule has 24 heavy (non-hydrogen) atoms. The number of carbonyl (C=O) groups is 2. The Bertz CT molecular complexity index is 829. The molecule has 1 heterocycles. The van der Waals surface area contributed by atoms with Gasteiger partial charge in [-0.15, -0.1) is 0 Å². The second kappa shape index (κ2) is 6.64. The summed E-state index contributed by atoms with van der Waals surface area (Å²) in [5.74, 6) is -0.909. The van der Waals surface area contributed by atoms with E-state index < -0.39 is 23.9 Å². The summed E-state index contributed by atoms with van der Waals surface area (Å²) in [5.41, 5.74) is 3.40. The molecule has 2 N–H and O–H groups in total. The molecule has 1 aliphatic rings. The number of rotatable bonds is 3. The van der Waals surface area contributed by atoms with Gasteiger partial charge in [0.2, 0.25) is 5.78 Å². The zero-order chi connectivity index (χ0) is 17.1. The summed E-state index contributed by atoms with van der Waals surface area (Å²) in [4.78, 5) is 27.3. The van der Waals surface area contributed by atoms with Crippen LogP contribution in [0, 0.1) is 6.92 Å². The molecule has 6 nitrogen and oxygen atoms in total. The van der Waals surface area contributed by atoms with Crippen molar-refractivity contribution in [3.05, 3.63) is 65.2 Å². The molecule has 2 aromatic rings. The molecule has 1 atom stereocenters. The first-order valence-corrected chi connectivity index (χ1v) is 7.47. The number of benzene rings is 2. The lowest BCUT2D eigenvalue weighted by atomic mass is 9.97. The van der Waals surface area contributed by atoms with Gasteiger partial charge in [-0.2, -0.15) is 0 Å². The minimum atomic E-state index is -1.56. The molecule has 122 valence electrons. The summed E-state index contributed by atoms with van der Waals surface area (Å²) in [6.07, 6.45) is -1.56. The molecule has 0 amide bonds. The molecule has 3 rings (SSSR count). The third kappa shape index (κ3) is 3.18. The van der Waals surface area contributed by atoms with Gasteiger partial charge in [0.15, 0.2) is 0 Å². The van der Waals surface area contributed by atoms with Crippen molar-refractivity contribution in [2.45, 2.75) is 19.5 Å². The van der Waals surface area contributed by atoms with E-state index in [0.717, 1.165) is 11.1 Å². The molecular formula is C18H16N2O4. The highest BCUT2D eigenvalue weighted by Gasteiger charge is 2.33. The molecule has 0 aliphatic carbocycles. The summed E-state index contributed by atoms with van der Waals surface area (Å²) in [7, 11) is 0. The standard InChI is InChI=1S/C18H16N2O4/c1-11-6-2-3-7-12(11)10-19-15-13-8-4-5-9-14(13)20-17(16(15)21)24-18(22)23/h2-9,15,19H,10H2,1H3,(H,22,23). The average Bonchev–Trinajstić information content (AvgIpc) is 2.56. The Morgan fingerprint density at radius 2 is 1.92 bits per heavy atom. The number of nitrogens with one attached hydrogen (secondary N) is 1. The number of fused-ring (bicyclic) bond motifs is 1. The van der Waals surface area contributed by atoms with E-state index >= 15 is 0 Å². The number of aryl methyl sites for hydroxylation is 1. The first-order chi connectivity index (χ1) is 11.6. The summed E-state index contributed by atoms with van der Waals surface area (Å²) in [6, 6.07) is 14.2. The van der Waals surface area contributed by atoms with E-state index in [0.29, 0.717) is 17.8 Å². The molecule has 0 saturated carbocycles. The second-order valence-electron chi connectivity index (χ2n) is 5.45. The maximum atomic E-state index is 12.5. The van der Waals surface area contributed by atoms with Crippen LogP contribution < -0.4 is 5.32 Å². The number of nitrogens with zero attached hydrogens (tertiary/aromatic N) is 1. The van der Waals surface area contributed by atoms with Crippen LogP contribution in [0.4, 0.5) is 10.5 Å². The van der Waals surface area contributed by atoms with Crippen LogP contribution in [0.3, 0.4) is 0 Å². The Hall–Kier alpha value is -2.99. The monoisotopic (exact) mass is 324 g/mol. The number of aliphatic imine (C=N–C) groups is 1. The highest BCUT2D eigenvalue weighted by molar-refractivity contribution is 6.41. The second-order valence-corrected chi connectivity index (χ2v) is 5.45. The van der Waals surface area contributed by atoms with Gasteiger partial charge in [0, 0.05) is 12.1 Å². The zero-order valence-corrected chi connectivity index (χ0v) is 13.0. The van der Waals surface area contributed by atoms with Gasteiger partial charge in [-0.05, 0) is 24.1 Å².